The van der Waals surface area contributed by atoms with Crippen molar-refractivity contribution >= 4 is 0 Å². The lowest BCUT2D eigenvalue weighted by molar-refractivity contribution is 0.238. The van der Waals surface area contributed by atoms with Gasteiger partial charge in [0.1, 0.15) is 11.5 Å². The van der Waals surface area contributed by atoms with Crippen LogP contribution in [0.25, 0.3) is 0 Å². The standard InChI is InChI=1S/C11H17NO2/c1-8(2)14-11-6-4-5-10(13)9(11)7-12-3/h4-6,8,12-13H,7H2,1-3H3. The summed E-state index contributed by atoms with van der Waals surface area (Å²) in [7, 11) is 1.84. The topological polar surface area (TPSA) is 41.5 Å². The van der Waals surface area contributed by atoms with Gasteiger partial charge < -0.3 is 15.2 Å². The summed E-state index contributed by atoms with van der Waals surface area (Å²) in [5.41, 5.74) is 0.809. The molecule has 0 fully saturated rings. The van der Waals surface area contributed by atoms with Crippen LogP contribution in [-0.2, 0) is 6.54 Å². The highest BCUT2D eigenvalue weighted by Crippen LogP contribution is 2.27. The number of phenolic OH excluding ortho intramolecular Hbond substituents is 1. The first kappa shape index (κ1) is 10.9. The minimum Gasteiger partial charge on any atom is -0.507 e. The second-order valence-corrected chi connectivity index (χ2v) is 3.45. The molecule has 0 heterocycles. The van der Waals surface area contributed by atoms with Crippen molar-refractivity contribution < 1.29 is 9.84 Å². The van der Waals surface area contributed by atoms with Gasteiger partial charge in [-0.15, -0.1) is 0 Å². The molecule has 3 heteroatoms. The van der Waals surface area contributed by atoms with Gasteiger partial charge in [0.15, 0.2) is 0 Å². The monoisotopic (exact) mass is 195 g/mol. The third-order valence-electron chi connectivity index (χ3n) is 1.82. The third kappa shape index (κ3) is 2.64. The lowest BCUT2D eigenvalue weighted by Crippen LogP contribution is -2.11. The van der Waals surface area contributed by atoms with Gasteiger partial charge in [-0.3, -0.25) is 0 Å². The van der Waals surface area contributed by atoms with Gasteiger partial charge >= 0.3 is 0 Å². The van der Waals surface area contributed by atoms with E-state index in [2.05, 4.69) is 5.32 Å². The number of hydrogen-bond donors (Lipinski definition) is 2. The van der Waals surface area contributed by atoms with E-state index in [1.807, 2.05) is 27.0 Å². The molecule has 0 atom stereocenters. The second-order valence-electron chi connectivity index (χ2n) is 3.45. The van der Waals surface area contributed by atoms with Crippen molar-refractivity contribution in [3.8, 4) is 11.5 Å². The zero-order chi connectivity index (χ0) is 10.6. The summed E-state index contributed by atoms with van der Waals surface area (Å²) in [6.07, 6.45) is 0.118. The molecular formula is C11H17NO2. The molecule has 1 rings (SSSR count). The highest BCUT2D eigenvalue weighted by Gasteiger charge is 2.08. The number of aromatic hydroxyl groups is 1. The first-order valence-corrected chi connectivity index (χ1v) is 4.77. The second kappa shape index (κ2) is 4.86. The fourth-order valence-corrected chi connectivity index (χ4v) is 1.27. The van der Waals surface area contributed by atoms with E-state index < -0.39 is 0 Å². The Morgan fingerprint density at radius 3 is 2.71 bits per heavy atom. The Morgan fingerprint density at radius 2 is 2.14 bits per heavy atom. The molecule has 0 aliphatic carbocycles. The van der Waals surface area contributed by atoms with Gasteiger partial charge in [-0.05, 0) is 33.0 Å². The largest absolute Gasteiger partial charge is 0.507 e. The van der Waals surface area contributed by atoms with E-state index in [0.717, 1.165) is 11.3 Å². The smallest absolute Gasteiger partial charge is 0.127 e. The van der Waals surface area contributed by atoms with Crippen LogP contribution in [0.1, 0.15) is 19.4 Å². The summed E-state index contributed by atoms with van der Waals surface area (Å²) in [6, 6.07) is 5.32. The Hall–Kier alpha value is -1.22. The van der Waals surface area contributed by atoms with Crippen LogP contribution in [0.15, 0.2) is 18.2 Å². The first-order chi connectivity index (χ1) is 6.65. The molecule has 0 unspecified atom stereocenters. The summed E-state index contributed by atoms with van der Waals surface area (Å²) in [5, 5.41) is 12.6. The fourth-order valence-electron chi connectivity index (χ4n) is 1.27. The Labute approximate surface area is 84.7 Å². The van der Waals surface area contributed by atoms with Gasteiger partial charge in [0, 0.05) is 12.1 Å². The molecule has 0 radical (unpaired) electrons. The lowest BCUT2D eigenvalue weighted by Gasteiger charge is -2.14. The Morgan fingerprint density at radius 1 is 1.43 bits per heavy atom. The predicted molar refractivity (Wildman–Crippen MR) is 56.6 cm³/mol. The molecule has 0 saturated heterocycles. The highest BCUT2D eigenvalue weighted by atomic mass is 16.5. The minimum atomic E-state index is 0.118. The van der Waals surface area contributed by atoms with Gasteiger partial charge in [0.25, 0.3) is 0 Å². The molecule has 0 bridgehead atoms. The molecule has 1 aromatic rings. The zero-order valence-corrected chi connectivity index (χ0v) is 8.87. The highest BCUT2D eigenvalue weighted by molar-refractivity contribution is 5.43. The molecule has 0 aliphatic rings. The van der Waals surface area contributed by atoms with Crippen LogP contribution in [0.2, 0.25) is 0 Å². The minimum absolute atomic E-state index is 0.118. The van der Waals surface area contributed by atoms with Crippen LogP contribution in [0.5, 0.6) is 11.5 Å². The van der Waals surface area contributed by atoms with Crippen molar-refractivity contribution in [3.63, 3.8) is 0 Å². The van der Waals surface area contributed by atoms with Crippen LogP contribution in [0, 0.1) is 0 Å². The molecular weight excluding hydrogens is 178 g/mol. The van der Waals surface area contributed by atoms with Crippen LogP contribution in [-0.4, -0.2) is 18.3 Å². The number of rotatable bonds is 4. The fraction of sp³-hybridized carbons (Fsp3) is 0.455. The average molecular weight is 195 g/mol. The molecule has 2 N–H and O–H groups in total. The molecule has 0 spiro atoms. The number of phenols is 1. The van der Waals surface area contributed by atoms with Gasteiger partial charge in [-0.25, -0.2) is 0 Å². The van der Waals surface area contributed by atoms with Crippen LogP contribution >= 0.6 is 0 Å². The first-order valence-electron chi connectivity index (χ1n) is 4.77. The molecule has 0 aliphatic heterocycles. The molecule has 3 nitrogen and oxygen atoms in total. The molecule has 14 heavy (non-hydrogen) atoms. The van der Waals surface area contributed by atoms with E-state index in [4.69, 9.17) is 4.74 Å². The van der Waals surface area contributed by atoms with Crippen LogP contribution in [0.3, 0.4) is 0 Å². The maximum Gasteiger partial charge on any atom is 0.127 e. The van der Waals surface area contributed by atoms with E-state index in [0.29, 0.717) is 6.54 Å². The Bertz CT molecular complexity index is 297. The van der Waals surface area contributed by atoms with Crippen LogP contribution in [0.4, 0.5) is 0 Å². The van der Waals surface area contributed by atoms with Crippen LogP contribution < -0.4 is 10.1 Å². The van der Waals surface area contributed by atoms with Gasteiger partial charge in [-0.1, -0.05) is 6.07 Å². The van der Waals surface area contributed by atoms with Gasteiger partial charge in [0.05, 0.1) is 6.10 Å². The van der Waals surface area contributed by atoms with E-state index in [9.17, 15) is 5.11 Å². The summed E-state index contributed by atoms with van der Waals surface area (Å²) < 4.78 is 5.58. The summed E-state index contributed by atoms with van der Waals surface area (Å²) in [4.78, 5) is 0. The van der Waals surface area contributed by atoms with Gasteiger partial charge in [0.2, 0.25) is 0 Å². The average Bonchev–Trinajstić information content (AvgIpc) is 2.10. The Kier molecular flexibility index (Phi) is 3.77. The van der Waals surface area contributed by atoms with Gasteiger partial charge in [-0.2, -0.15) is 0 Å². The number of hydrogen-bond acceptors (Lipinski definition) is 3. The quantitative estimate of drug-likeness (QED) is 0.771. The molecule has 0 amide bonds. The van der Waals surface area contributed by atoms with E-state index >= 15 is 0 Å². The summed E-state index contributed by atoms with van der Waals surface area (Å²) in [5.74, 6) is 1.02. The molecule has 78 valence electrons. The van der Waals surface area contributed by atoms with Crippen molar-refractivity contribution in [3.05, 3.63) is 23.8 Å². The molecule has 1 aromatic carbocycles. The SMILES string of the molecule is CNCc1c(O)cccc1OC(C)C. The zero-order valence-electron chi connectivity index (χ0n) is 8.87. The third-order valence-corrected chi connectivity index (χ3v) is 1.82. The van der Waals surface area contributed by atoms with Crippen molar-refractivity contribution in [1.82, 2.24) is 5.32 Å². The van der Waals surface area contributed by atoms with Crippen molar-refractivity contribution in [1.29, 1.82) is 0 Å². The normalized spacial score (nSPS) is 10.6. The summed E-state index contributed by atoms with van der Waals surface area (Å²) in [6.45, 7) is 4.54. The Balaban J connectivity index is 2.95. The maximum atomic E-state index is 9.62. The van der Waals surface area contributed by atoms with Crippen molar-refractivity contribution in [2.24, 2.45) is 0 Å². The number of nitrogens with one attached hydrogen (secondary N) is 1. The summed E-state index contributed by atoms with van der Waals surface area (Å²) >= 11 is 0. The number of ether oxygens (including phenoxy) is 1. The van der Waals surface area contributed by atoms with Crippen molar-refractivity contribution in [2.75, 3.05) is 7.05 Å². The van der Waals surface area contributed by atoms with Crippen molar-refractivity contribution in [2.45, 2.75) is 26.5 Å². The molecule has 0 saturated carbocycles. The van der Waals surface area contributed by atoms with E-state index in [1.54, 1.807) is 12.1 Å². The maximum absolute atomic E-state index is 9.62. The predicted octanol–water partition coefficient (Wildman–Crippen LogP) is 1.90. The lowest BCUT2D eigenvalue weighted by atomic mass is 10.1. The van der Waals surface area contributed by atoms with E-state index in [1.165, 1.54) is 0 Å². The van der Waals surface area contributed by atoms with E-state index in [-0.39, 0.29) is 11.9 Å². The molecule has 0 aromatic heterocycles. The number of benzene rings is 1.